The van der Waals surface area contributed by atoms with E-state index in [2.05, 4.69) is 5.32 Å². The maximum atomic E-state index is 12.2. The largest absolute Gasteiger partial charge is 0.376 e. The van der Waals surface area contributed by atoms with Gasteiger partial charge < -0.3 is 9.88 Å². The van der Waals surface area contributed by atoms with Crippen LogP contribution < -0.4 is 5.32 Å². The van der Waals surface area contributed by atoms with E-state index >= 15 is 0 Å². The third kappa shape index (κ3) is 3.00. The number of Topliss-reactive ketones (excluding diaryl/α,β-unsaturated/α-hetero) is 1. The quantitative estimate of drug-likeness (QED) is 0.857. The Morgan fingerprint density at radius 3 is 2.50 bits per heavy atom. The predicted octanol–water partition coefficient (Wildman–Crippen LogP) is 4.24. The van der Waals surface area contributed by atoms with Crippen molar-refractivity contribution >= 4 is 34.7 Å². The lowest BCUT2D eigenvalue weighted by Gasteiger charge is -2.08. The van der Waals surface area contributed by atoms with Crippen LogP contribution in [-0.2, 0) is 7.05 Å². The minimum Gasteiger partial charge on any atom is -0.376 e. The number of aryl methyl sites for hydroxylation is 1. The summed E-state index contributed by atoms with van der Waals surface area (Å²) in [6.07, 6.45) is 0. The molecule has 0 radical (unpaired) electrons. The highest BCUT2D eigenvalue weighted by Gasteiger charge is 2.14. The summed E-state index contributed by atoms with van der Waals surface area (Å²) in [7, 11) is 1.95. The lowest BCUT2D eigenvalue weighted by Crippen LogP contribution is -2.15. The average Bonchev–Trinajstić information content (AvgIpc) is 2.65. The molecule has 20 heavy (non-hydrogen) atoms. The van der Waals surface area contributed by atoms with Crippen LogP contribution in [0.2, 0.25) is 10.0 Å². The Bertz CT molecular complexity index is 662. The van der Waals surface area contributed by atoms with Crippen LogP contribution in [-0.4, -0.2) is 16.9 Å². The van der Waals surface area contributed by atoms with Gasteiger partial charge in [-0.2, -0.15) is 0 Å². The summed E-state index contributed by atoms with van der Waals surface area (Å²) in [6.45, 7) is 4.12. The molecule has 0 amide bonds. The van der Waals surface area contributed by atoms with Gasteiger partial charge in [0, 0.05) is 29.0 Å². The Morgan fingerprint density at radius 2 is 1.95 bits per heavy atom. The fourth-order valence-corrected chi connectivity index (χ4v) is 2.52. The van der Waals surface area contributed by atoms with Crippen molar-refractivity contribution in [3.63, 3.8) is 0 Å². The third-order valence-electron chi connectivity index (χ3n) is 3.45. The minimum atomic E-state index is 0.0391. The fourth-order valence-electron chi connectivity index (χ4n) is 2.04. The molecule has 1 aromatic heterocycles. The average molecular weight is 311 g/mol. The second-order valence-corrected chi connectivity index (χ2v) is 5.59. The molecule has 1 aromatic carbocycles. The van der Waals surface area contributed by atoms with E-state index < -0.39 is 0 Å². The van der Waals surface area contributed by atoms with Gasteiger partial charge in [0.1, 0.15) is 0 Å². The molecule has 2 rings (SSSR count). The van der Waals surface area contributed by atoms with E-state index in [4.69, 9.17) is 23.2 Å². The number of hydrogen-bond acceptors (Lipinski definition) is 2. The number of hydrogen-bond donors (Lipinski definition) is 1. The topological polar surface area (TPSA) is 34.0 Å². The van der Waals surface area contributed by atoms with Gasteiger partial charge in [0.2, 0.25) is 0 Å². The third-order valence-corrected chi connectivity index (χ3v) is 3.99. The zero-order valence-corrected chi connectivity index (χ0v) is 13.1. The van der Waals surface area contributed by atoms with Crippen LogP contribution in [0.15, 0.2) is 24.3 Å². The van der Waals surface area contributed by atoms with E-state index in [1.54, 1.807) is 18.2 Å². The summed E-state index contributed by atoms with van der Waals surface area (Å²) in [5, 5.41) is 4.12. The fraction of sp³-hybridized carbons (Fsp3) is 0.267. The maximum Gasteiger partial charge on any atom is 0.183 e. The van der Waals surface area contributed by atoms with Crippen LogP contribution in [0.25, 0.3) is 0 Å². The highest BCUT2D eigenvalue weighted by atomic mass is 35.5. The Kier molecular flexibility index (Phi) is 4.41. The van der Waals surface area contributed by atoms with E-state index in [1.165, 1.54) is 0 Å². The standard InChI is InChI=1S/C15H16Cl2N2O/c1-9-6-12(10(2)19(9)3)15(20)8-18-14-5-4-11(16)7-13(14)17/h4-7,18H,8H2,1-3H3. The van der Waals surface area contributed by atoms with E-state index in [1.807, 2.05) is 31.5 Å². The van der Waals surface area contributed by atoms with Crippen LogP contribution in [0.5, 0.6) is 0 Å². The Labute approximate surface area is 128 Å². The number of benzene rings is 1. The number of rotatable bonds is 4. The number of halogens is 2. The lowest BCUT2D eigenvalue weighted by molar-refractivity contribution is 0.101. The molecule has 0 fully saturated rings. The number of carbonyl (C=O) groups excluding carboxylic acids is 1. The summed E-state index contributed by atoms with van der Waals surface area (Å²) in [6, 6.07) is 7.05. The van der Waals surface area contributed by atoms with Crippen LogP contribution in [0.3, 0.4) is 0 Å². The molecule has 106 valence electrons. The molecule has 1 N–H and O–H groups in total. The molecule has 3 nitrogen and oxygen atoms in total. The van der Waals surface area contributed by atoms with Crippen molar-refractivity contribution < 1.29 is 4.79 Å². The van der Waals surface area contributed by atoms with Crippen LogP contribution in [0.4, 0.5) is 5.69 Å². The molecule has 0 unspecified atom stereocenters. The van der Waals surface area contributed by atoms with Gasteiger partial charge in [-0.25, -0.2) is 0 Å². The first-order chi connectivity index (χ1) is 9.40. The maximum absolute atomic E-state index is 12.2. The summed E-state index contributed by atoms with van der Waals surface area (Å²) >= 11 is 11.9. The van der Waals surface area contributed by atoms with Crippen molar-refractivity contribution in [2.75, 3.05) is 11.9 Å². The highest BCUT2D eigenvalue weighted by Crippen LogP contribution is 2.25. The number of carbonyl (C=O) groups is 1. The monoisotopic (exact) mass is 310 g/mol. The van der Waals surface area contributed by atoms with Gasteiger partial charge in [-0.3, -0.25) is 4.79 Å². The summed E-state index contributed by atoms with van der Waals surface area (Å²) in [5.41, 5.74) is 3.48. The predicted molar refractivity (Wildman–Crippen MR) is 84.2 cm³/mol. The lowest BCUT2D eigenvalue weighted by atomic mass is 10.1. The van der Waals surface area contributed by atoms with E-state index in [0.717, 1.165) is 17.0 Å². The number of nitrogens with one attached hydrogen (secondary N) is 1. The molecule has 0 aliphatic rings. The number of ketones is 1. The molecule has 0 atom stereocenters. The SMILES string of the molecule is Cc1cc(C(=O)CNc2ccc(Cl)cc2Cl)c(C)n1C. The molecule has 0 bridgehead atoms. The molecule has 5 heteroatoms. The van der Waals surface area contributed by atoms with Gasteiger partial charge in [0.15, 0.2) is 5.78 Å². The molecule has 0 aliphatic carbocycles. The zero-order valence-electron chi connectivity index (χ0n) is 11.6. The van der Waals surface area contributed by atoms with E-state index in [9.17, 15) is 4.79 Å². The van der Waals surface area contributed by atoms with Gasteiger partial charge in [-0.1, -0.05) is 23.2 Å². The van der Waals surface area contributed by atoms with Crippen LogP contribution in [0, 0.1) is 13.8 Å². The van der Waals surface area contributed by atoms with Crippen molar-refractivity contribution in [2.45, 2.75) is 13.8 Å². The number of anilines is 1. The molecule has 0 spiro atoms. The van der Waals surface area contributed by atoms with E-state index in [-0.39, 0.29) is 12.3 Å². The highest BCUT2D eigenvalue weighted by molar-refractivity contribution is 6.36. The molecule has 2 aromatic rings. The molecule has 0 saturated heterocycles. The number of aromatic nitrogens is 1. The molecule has 1 heterocycles. The minimum absolute atomic E-state index is 0.0391. The smallest absolute Gasteiger partial charge is 0.183 e. The first-order valence-electron chi connectivity index (χ1n) is 6.25. The second kappa shape index (κ2) is 5.90. The van der Waals surface area contributed by atoms with Crippen molar-refractivity contribution in [3.8, 4) is 0 Å². The van der Waals surface area contributed by atoms with E-state index in [0.29, 0.717) is 15.7 Å². The van der Waals surface area contributed by atoms with Gasteiger partial charge in [0.05, 0.1) is 17.3 Å². The Hall–Kier alpha value is -1.45. The van der Waals surface area contributed by atoms with Gasteiger partial charge in [-0.05, 0) is 38.1 Å². The molecule has 0 saturated carbocycles. The van der Waals surface area contributed by atoms with Gasteiger partial charge in [0.25, 0.3) is 0 Å². The number of nitrogens with zero attached hydrogens (tertiary/aromatic N) is 1. The van der Waals surface area contributed by atoms with Crippen LogP contribution >= 0.6 is 23.2 Å². The summed E-state index contributed by atoms with van der Waals surface area (Å²) in [4.78, 5) is 12.2. The summed E-state index contributed by atoms with van der Waals surface area (Å²) < 4.78 is 2.00. The van der Waals surface area contributed by atoms with Crippen molar-refractivity contribution in [2.24, 2.45) is 7.05 Å². The Balaban J connectivity index is 2.10. The molecular formula is C15H16Cl2N2O. The second-order valence-electron chi connectivity index (χ2n) is 4.74. The van der Waals surface area contributed by atoms with Crippen LogP contribution in [0.1, 0.15) is 21.7 Å². The van der Waals surface area contributed by atoms with Crippen molar-refractivity contribution in [1.82, 2.24) is 4.57 Å². The first-order valence-corrected chi connectivity index (χ1v) is 7.00. The van der Waals surface area contributed by atoms with Crippen molar-refractivity contribution in [1.29, 1.82) is 0 Å². The van der Waals surface area contributed by atoms with Crippen molar-refractivity contribution in [3.05, 3.63) is 51.3 Å². The van der Waals surface area contributed by atoms with Gasteiger partial charge >= 0.3 is 0 Å². The first kappa shape index (κ1) is 14.9. The molecule has 0 aliphatic heterocycles. The molecular weight excluding hydrogens is 295 g/mol. The van der Waals surface area contributed by atoms with Gasteiger partial charge in [-0.15, -0.1) is 0 Å². The Morgan fingerprint density at radius 1 is 1.25 bits per heavy atom. The summed E-state index contributed by atoms with van der Waals surface area (Å²) in [5.74, 6) is 0.0391. The normalized spacial score (nSPS) is 10.7. The zero-order chi connectivity index (χ0) is 14.9.